The minimum absolute atomic E-state index is 0.194. The van der Waals surface area contributed by atoms with Crippen molar-refractivity contribution < 1.29 is 54.0 Å². The highest BCUT2D eigenvalue weighted by Crippen LogP contribution is 2.38. The van der Waals surface area contributed by atoms with Crippen molar-refractivity contribution in [3.05, 3.63) is 12.7 Å². The predicted molar refractivity (Wildman–Crippen MR) is 89.3 cm³/mol. The zero-order chi connectivity index (χ0) is 23.1. The van der Waals surface area contributed by atoms with Crippen LogP contribution in [0, 0.1) is 0 Å². The topological polar surface area (TPSA) is 110 Å². The highest BCUT2D eigenvalue weighted by Gasteiger charge is 2.67. The quantitative estimate of drug-likeness (QED) is 0.158. The molecule has 1 atom stereocenters. The van der Waals surface area contributed by atoms with E-state index in [4.69, 9.17) is 4.55 Å². The number of hydrogen-bond donors (Lipinski definition) is 1. The van der Waals surface area contributed by atoms with Gasteiger partial charge in [0.25, 0.3) is 0 Å². The number of carbonyl (C=O) groups excluding carboxylic acids is 2. The Kier molecular flexibility index (Phi) is 9.66. The third-order valence-corrected chi connectivity index (χ3v) is 4.37. The second-order valence-corrected chi connectivity index (χ2v) is 7.29. The van der Waals surface area contributed by atoms with Crippen molar-refractivity contribution >= 4 is 22.0 Å². The molecule has 0 aromatic heterocycles. The summed E-state index contributed by atoms with van der Waals surface area (Å²) in [5.41, 5.74) is 0. The first-order valence-electron chi connectivity index (χ1n) is 8.29. The van der Waals surface area contributed by atoms with Gasteiger partial charge in [0.05, 0.1) is 13.0 Å². The van der Waals surface area contributed by atoms with Gasteiger partial charge in [-0.05, 0) is 12.8 Å². The van der Waals surface area contributed by atoms with Crippen LogP contribution in [-0.4, -0.2) is 66.7 Å². The van der Waals surface area contributed by atoms with Crippen LogP contribution in [0.1, 0.15) is 33.1 Å². The molecule has 0 aliphatic carbocycles. The average molecular weight is 455 g/mol. The van der Waals surface area contributed by atoms with Gasteiger partial charge in [-0.25, -0.2) is 4.79 Å². The van der Waals surface area contributed by atoms with Crippen LogP contribution < -0.4 is 0 Å². The molecule has 14 heteroatoms. The fourth-order valence-electron chi connectivity index (χ4n) is 2.08. The van der Waals surface area contributed by atoms with Gasteiger partial charge in [0.15, 0.2) is 0 Å². The van der Waals surface area contributed by atoms with Gasteiger partial charge in [-0.2, -0.15) is 30.4 Å². The molecule has 0 aromatic carbocycles. The van der Waals surface area contributed by atoms with Gasteiger partial charge in [0, 0.05) is 19.2 Å². The lowest BCUT2D eigenvalue weighted by atomic mass is 10.2. The van der Waals surface area contributed by atoms with Gasteiger partial charge in [-0.15, -0.1) is 0 Å². The summed E-state index contributed by atoms with van der Waals surface area (Å²) in [6.07, 6.45) is -6.92. The molecule has 0 aliphatic rings. The minimum atomic E-state index is -5.95. The minimum Gasteiger partial charge on any atom is -0.412 e. The predicted octanol–water partition coefficient (Wildman–Crippen LogP) is 2.51. The number of nitrogens with zero attached hydrogens (tertiary/aromatic N) is 1. The summed E-state index contributed by atoms with van der Waals surface area (Å²) in [4.78, 5) is 24.7. The second kappa shape index (κ2) is 10.3. The number of alkyl halides is 5. The van der Waals surface area contributed by atoms with Crippen LogP contribution in [0.3, 0.4) is 0 Å². The Hall–Kier alpha value is -1.80. The summed E-state index contributed by atoms with van der Waals surface area (Å²) in [6.45, 7) is 3.91. The van der Waals surface area contributed by atoms with Crippen molar-refractivity contribution in [1.29, 1.82) is 0 Å². The number of carbonyl (C=O) groups is 2. The SMILES string of the molecule is C=CC(=O)OC(OCCC(F)(F)S(=O)(=O)O)(C(=O)N(CCC)CCC)C(F)(F)F. The molecule has 0 radical (unpaired) electrons. The number of rotatable bonds is 12. The maximum absolute atomic E-state index is 13.8. The molecule has 8 nitrogen and oxygen atoms in total. The smallest absolute Gasteiger partial charge is 0.412 e. The molecule has 1 amide bonds. The van der Waals surface area contributed by atoms with Crippen LogP contribution in [0.25, 0.3) is 0 Å². The molecule has 0 bridgehead atoms. The number of ether oxygens (including phenoxy) is 2. The average Bonchev–Trinajstić information content (AvgIpc) is 2.57. The van der Waals surface area contributed by atoms with Crippen molar-refractivity contribution in [3.63, 3.8) is 0 Å². The lowest BCUT2D eigenvalue weighted by molar-refractivity contribution is -0.351. The zero-order valence-corrected chi connectivity index (χ0v) is 16.5. The molecule has 170 valence electrons. The Morgan fingerprint density at radius 1 is 1.10 bits per heavy atom. The van der Waals surface area contributed by atoms with Gasteiger partial charge < -0.3 is 14.4 Å². The highest BCUT2D eigenvalue weighted by atomic mass is 32.2. The maximum atomic E-state index is 13.8. The summed E-state index contributed by atoms with van der Waals surface area (Å²) in [5.74, 6) is -7.91. The van der Waals surface area contributed by atoms with Crippen LogP contribution in [0.4, 0.5) is 22.0 Å². The van der Waals surface area contributed by atoms with Crippen LogP contribution in [-0.2, 0) is 29.2 Å². The lowest BCUT2D eigenvalue weighted by Gasteiger charge is -2.37. The van der Waals surface area contributed by atoms with Gasteiger partial charge >= 0.3 is 39.2 Å². The molecule has 0 heterocycles. The second-order valence-electron chi connectivity index (χ2n) is 5.74. The molecule has 0 rings (SSSR count). The molecule has 1 N–H and O–H groups in total. The third-order valence-electron chi connectivity index (χ3n) is 3.42. The first-order valence-corrected chi connectivity index (χ1v) is 9.74. The first kappa shape index (κ1) is 27.2. The number of esters is 1. The molecular formula is C15H22F5NO7S. The summed E-state index contributed by atoms with van der Waals surface area (Å²) < 4.78 is 106. The van der Waals surface area contributed by atoms with Crippen molar-refractivity contribution in [2.24, 2.45) is 0 Å². The molecule has 0 saturated heterocycles. The standard InChI is InChI=1S/C15H22F5NO7S/c1-4-8-21(9-5-2)12(23)14(15(18,19)20,28-11(22)6-3)27-10-7-13(16,17)29(24,25)26/h6H,3-5,7-10H2,1-2H3,(H,24,25,26). The molecular weight excluding hydrogens is 433 g/mol. The van der Waals surface area contributed by atoms with Gasteiger partial charge in [-0.1, -0.05) is 20.4 Å². The highest BCUT2D eigenvalue weighted by molar-refractivity contribution is 7.86. The Morgan fingerprint density at radius 2 is 1.59 bits per heavy atom. The normalized spacial score (nSPS) is 14.8. The summed E-state index contributed by atoms with van der Waals surface area (Å²) in [7, 11) is -5.95. The fraction of sp³-hybridized carbons (Fsp3) is 0.733. The van der Waals surface area contributed by atoms with Crippen LogP contribution in [0.2, 0.25) is 0 Å². The molecule has 0 aliphatic heterocycles. The van der Waals surface area contributed by atoms with E-state index in [1.165, 1.54) is 0 Å². The molecule has 1 unspecified atom stereocenters. The molecule has 0 saturated carbocycles. The monoisotopic (exact) mass is 455 g/mol. The summed E-state index contributed by atoms with van der Waals surface area (Å²) in [6, 6.07) is 0. The van der Waals surface area contributed by atoms with Crippen molar-refractivity contribution in [3.8, 4) is 0 Å². The molecule has 29 heavy (non-hydrogen) atoms. The van der Waals surface area contributed by atoms with E-state index >= 15 is 0 Å². The van der Waals surface area contributed by atoms with Crippen LogP contribution in [0.15, 0.2) is 12.7 Å². The molecule has 0 aromatic rings. The van der Waals surface area contributed by atoms with Crippen LogP contribution >= 0.6 is 0 Å². The van der Waals surface area contributed by atoms with Gasteiger partial charge in [-0.3, -0.25) is 9.35 Å². The Bertz CT molecular complexity index is 690. The first-order chi connectivity index (χ1) is 13.1. The van der Waals surface area contributed by atoms with Crippen LogP contribution in [0.5, 0.6) is 0 Å². The van der Waals surface area contributed by atoms with E-state index in [1.807, 2.05) is 0 Å². The number of halogens is 5. The van der Waals surface area contributed by atoms with E-state index in [9.17, 15) is 40.0 Å². The number of hydrogen-bond acceptors (Lipinski definition) is 6. The van der Waals surface area contributed by atoms with E-state index in [0.717, 1.165) is 0 Å². The van der Waals surface area contributed by atoms with E-state index in [2.05, 4.69) is 16.1 Å². The molecule has 0 spiro atoms. The van der Waals surface area contributed by atoms with E-state index in [1.54, 1.807) is 13.8 Å². The van der Waals surface area contributed by atoms with Crippen molar-refractivity contribution in [2.45, 2.75) is 50.3 Å². The van der Waals surface area contributed by atoms with Gasteiger partial charge in [0.2, 0.25) is 0 Å². The summed E-state index contributed by atoms with van der Waals surface area (Å²) in [5, 5.41) is -4.86. The van der Waals surface area contributed by atoms with E-state index in [-0.39, 0.29) is 25.9 Å². The number of amides is 1. The Labute approximate surface area is 164 Å². The summed E-state index contributed by atoms with van der Waals surface area (Å²) >= 11 is 0. The van der Waals surface area contributed by atoms with Crippen molar-refractivity contribution in [2.75, 3.05) is 19.7 Å². The lowest BCUT2D eigenvalue weighted by Crippen LogP contribution is -2.62. The third kappa shape index (κ3) is 6.89. The van der Waals surface area contributed by atoms with Crippen molar-refractivity contribution in [1.82, 2.24) is 4.90 Å². The Morgan fingerprint density at radius 3 is 1.93 bits per heavy atom. The largest absolute Gasteiger partial charge is 0.466 e. The maximum Gasteiger partial charge on any atom is 0.466 e. The van der Waals surface area contributed by atoms with E-state index < -0.39 is 52.2 Å². The van der Waals surface area contributed by atoms with Gasteiger partial charge in [0.1, 0.15) is 0 Å². The fourth-order valence-corrected chi connectivity index (χ4v) is 2.43. The molecule has 0 fully saturated rings. The van der Waals surface area contributed by atoms with E-state index in [0.29, 0.717) is 11.0 Å². The zero-order valence-electron chi connectivity index (χ0n) is 15.7. The Balaban J connectivity index is 6.10.